The average molecular weight is 565 g/mol. The molecule has 0 aliphatic heterocycles. The second-order valence-electron chi connectivity index (χ2n) is 9.77. The van der Waals surface area contributed by atoms with Crippen molar-refractivity contribution in [3.63, 3.8) is 0 Å². The predicted octanol–water partition coefficient (Wildman–Crippen LogP) is 5.76. The van der Waals surface area contributed by atoms with E-state index in [2.05, 4.69) is 16.0 Å². The highest BCUT2D eigenvalue weighted by Crippen LogP contribution is 2.37. The van der Waals surface area contributed by atoms with Crippen molar-refractivity contribution in [2.24, 2.45) is 5.92 Å². The van der Waals surface area contributed by atoms with Gasteiger partial charge in [0.15, 0.2) is 5.60 Å². The number of benzene rings is 2. The smallest absolute Gasteiger partial charge is 0.382 e. The van der Waals surface area contributed by atoms with E-state index in [1.165, 1.54) is 32.3 Å². The van der Waals surface area contributed by atoms with Crippen LogP contribution >= 0.6 is 0 Å². The lowest BCUT2D eigenvalue weighted by Crippen LogP contribution is -2.45. The molecule has 1 aliphatic carbocycles. The zero-order valence-electron chi connectivity index (χ0n) is 21.4. The molecule has 40 heavy (non-hydrogen) atoms. The van der Waals surface area contributed by atoms with Crippen LogP contribution in [-0.4, -0.2) is 40.5 Å². The van der Waals surface area contributed by atoms with Gasteiger partial charge in [-0.05, 0) is 61.6 Å². The van der Waals surface area contributed by atoms with Crippen molar-refractivity contribution in [3.8, 4) is 0 Å². The normalized spacial score (nSPS) is 15.5. The van der Waals surface area contributed by atoms with Crippen molar-refractivity contribution in [1.29, 1.82) is 0 Å². The van der Waals surface area contributed by atoms with Gasteiger partial charge in [0.05, 0.1) is 11.5 Å². The highest BCUT2D eigenvalue weighted by Gasteiger charge is 2.39. The predicted molar refractivity (Wildman–Crippen MR) is 148 cm³/mol. The van der Waals surface area contributed by atoms with Gasteiger partial charge in [-0.3, -0.25) is 19.7 Å². The fourth-order valence-corrected chi connectivity index (χ4v) is 4.20. The highest BCUT2D eigenvalue weighted by molar-refractivity contribution is 5.97. The maximum atomic E-state index is 13.2. The molecule has 2 aromatic rings. The largest absolute Gasteiger partial charge is 0.423 e. The Morgan fingerprint density at radius 3 is 2.30 bits per heavy atom. The number of aliphatic hydroxyl groups is 1. The summed E-state index contributed by atoms with van der Waals surface area (Å²) in [6.45, 7) is 1.57. The van der Waals surface area contributed by atoms with Crippen LogP contribution in [0.5, 0.6) is 0 Å². The number of nitrogens with zero attached hydrogens (tertiary/aromatic N) is 1. The summed E-state index contributed by atoms with van der Waals surface area (Å²) in [6, 6.07) is 8.87. The molecule has 1 fully saturated rings. The van der Waals surface area contributed by atoms with E-state index in [0.717, 1.165) is 24.5 Å². The van der Waals surface area contributed by atoms with Crippen LogP contribution in [0.2, 0.25) is 0 Å². The Kier molecular flexibility index (Phi) is 11.2. The molecule has 0 aromatic heterocycles. The number of alkyl halides is 3. The minimum absolute atomic E-state index is 0. The van der Waals surface area contributed by atoms with Crippen LogP contribution < -0.4 is 16.0 Å². The van der Waals surface area contributed by atoms with Crippen molar-refractivity contribution in [2.75, 3.05) is 23.7 Å². The molecule has 0 spiro atoms. The van der Waals surface area contributed by atoms with E-state index in [1.807, 2.05) is 0 Å². The van der Waals surface area contributed by atoms with Crippen LogP contribution in [0.3, 0.4) is 0 Å². The number of nitro groups is 1. The minimum Gasteiger partial charge on any atom is -0.382 e. The zero-order chi connectivity index (χ0) is 28.6. The number of amides is 2. The van der Waals surface area contributed by atoms with Crippen LogP contribution in [0.1, 0.15) is 57.6 Å². The quantitative estimate of drug-likeness (QED) is 0.165. The topological polar surface area (TPSA) is 134 Å². The van der Waals surface area contributed by atoms with Gasteiger partial charge in [0.2, 0.25) is 5.91 Å². The second-order valence-corrected chi connectivity index (χ2v) is 9.77. The van der Waals surface area contributed by atoms with Gasteiger partial charge in [-0.2, -0.15) is 13.2 Å². The lowest BCUT2D eigenvalue weighted by molar-refractivity contribution is -0.388. The Hall–Kier alpha value is -3.93. The van der Waals surface area contributed by atoms with Gasteiger partial charge in [0.1, 0.15) is 5.56 Å². The van der Waals surface area contributed by atoms with Gasteiger partial charge in [-0.25, -0.2) is 0 Å². The molecule has 218 valence electrons. The van der Waals surface area contributed by atoms with Gasteiger partial charge in [-0.1, -0.05) is 38.8 Å². The third kappa shape index (κ3) is 9.37. The standard InChI is InChI=1S/C27H31F3N4O5.CH4/c1-26(37,25(36)33-21-12-13-23(34(38)39)22(15-21)27(28,29)30)17-32-20-10-7-18(8-11-20)9-14-24(35)31-16-19-5-3-2-4-6-19;/h7-15,19,32,37H,2-6,16-17H2,1H3,(H,31,35)(H,33,36);1H4/b14-9+;. The van der Waals surface area contributed by atoms with E-state index < -0.39 is 33.9 Å². The van der Waals surface area contributed by atoms with Gasteiger partial charge in [0.25, 0.3) is 11.6 Å². The summed E-state index contributed by atoms with van der Waals surface area (Å²) >= 11 is 0. The van der Waals surface area contributed by atoms with Gasteiger partial charge in [-0.15, -0.1) is 0 Å². The maximum Gasteiger partial charge on any atom is 0.423 e. The molecule has 1 aliphatic rings. The number of hydrogen-bond acceptors (Lipinski definition) is 6. The fourth-order valence-electron chi connectivity index (χ4n) is 4.20. The molecule has 1 unspecified atom stereocenters. The van der Waals surface area contributed by atoms with Gasteiger partial charge in [0, 0.05) is 30.1 Å². The summed E-state index contributed by atoms with van der Waals surface area (Å²) in [4.78, 5) is 34.3. The summed E-state index contributed by atoms with van der Waals surface area (Å²) in [7, 11) is 0. The Morgan fingerprint density at radius 1 is 1.07 bits per heavy atom. The molecule has 1 saturated carbocycles. The molecule has 12 heteroatoms. The Balaban J connectivity index is 0.00000560. The molecule has 0 saturated heterocycles. The van der Waals surface area contributed by atoms with Crippen molar-refractivity contribution >= 4 is 35.0 Å². The highest BCUT2D eigenvalue weighted by atomic mass is 19.4. The fraction of sp³-hybridized carbons (Fsp3) is 0.429. The van der Waals surface area contributed by atoms with Gasteiger partial charge < -0.3 is 21.1 Å². The van der Waals surface area contributed by atoms with Gasteiger partial charge >= 0.3 is 6.18 Å². The summed E-state index contributed by atoms with van der Waals surface area (Å²) in [5.74, 6) is -0.636. The van der Waals surface area contributed by atoms with E-state index in [4.69, 9.17) is 0 Å². The number of rotatable bonds is 10. The maximum absolute atomic E-state index is 13.2. The minimum atomic E-state index is -5.01. The summed E-state index contributed by atoms with van der Waals surface area (Å²) in [5.41, 5.74) is -3.73. The average Bonchev–Trinajstić information content (AvgIpc) is 2.90. The monoisotopic (exact) mass is 564 g/mol. The third-order valence-electron chi connectivity index (χ3n) is 6.51. The molecule has 0 heterocycles. The first-order valence-electron chi connectivity index (χ1n) is 12.5. The van der Waals surface area contributed by atoms with E-state index in [1.54, 1.807) is 30.3 Å². The molecule has 0 bridgehead atoms. The van der Waals surface area contributed by atoms with E-state index >= 15 is 0 Å². The van der Waals surface area contributed by atoms with Crippen molar-refractivity contribution in [3.05, 3.63) is 69.8 Å². The van der Waals surface area contributed by atoms with Crippen LogP contribution in [0.4, 0.5) is 30.2 Å². The van der Waals surface area contributed by atoms with Crippen molar-refractivity contribution < 1.29 is 32.8 Å². The Bertz CT molecular complexity index is 1210. The number of anilines is 2. The first kappa shape index (κ1) is 32.3. The molecule has 2 amide bonds. The molecule has 3 rings (SSSR count). The van der Waals surface area contributed by atoms with Crippen molar-refractivity contribution in [2.45, 2.75) is 58.2 Å². The number of nitrogens with one attached hydrogen (secondary N) is 3. The lowest BCUT2D eigenvalue weighted by Gasteiger charge is -2.23. The number of carbonyl (C=O) groups is 2. The van der Waals surface area contributed by atoms with Crippen molar-refractivity contribution in [1.82, 2.24) is 5.32 Å². The van der Waals surface area contributed by atoms with E-state index in [0.29, 0.717) is 30.3 Å². The third-order valence-corrected chi connectivity index (χ3v) is 6.51. The summed E-state index contributed by atoms with van der Waals surface area (Å²) in [5, 5.41) is 29.4. The Morgan fingerprint density at radius 2 is 1.70 bits per heavy atom. The summed E-state index contributed by atoms with van der Waals surface area (Å²) in [6.07, 6.45) is 4.08. The first-order valence-corrected chi connectivity index (χ1v) is 12.5. The molecular formula is C28H35F3N4O5. The van der Waals surface area contributed by atoms with Crippen LogP contribution in [0, 0.1) is 16.0 Å². The van der Waals surface area contributed by atoms with E-state index in [9.17, 15) is 38.0 Å². The van der Waals surface area contributed by atoms with Crippen LogP contribution in [0.15, 0.2) is 48.5 Å². The second kappa shape index (κ2) is 13.9. The van der Waals surface area contributed by atoms with Crippen LogP contribution in [-0.2, 0) is 15.8 Å². The number of halogens is 3. The van der Waals surface area contributed by atoms with E-state index in [-0.39, 0.29) is 25.6 Å². The molecule has 1 atom stereocenters. The molecule has 9 nitrogen and oxygen atoms in total. The molecule has 2 aromatic carbocycles. The van der Waals surface area contributed by atoms with Crippen LogP contribution in [0.25, 0.3) is 6.08 Å². The number of nitro benzene ring substituents is 1. The SMILES string of the molecule is C.CC(O)(CNc1ccc(/C=C/C(=O)NCC2CCCCC2)cc1)C(=O)Nc1ccc([N+](=O)[O-])c(C(F)(F)F)c1. The zero-order valence-corrected chi connectivity index (χ0v) is 21.4. The molecule has 4 N–H and O–H groups in total. The molecule has 0 radical (unpaired) electrons. The Labute approximate surface area is 231 Å². The number of hydrogen-bond donors (Lipinski definition) is 4. The first-order chi connectivity index (χ1) is 18.3. The lowest BCUT2D eigenvalue weighted by atomic mass is 9.89. The molecular weight excluding hydrogens is 529 g/mol. The number of carbonyl (C=O) groups excluding carboxylic acids is 2. The summed E-state index contributed by atoms with van der Waals surface area (Å²) < 4.78 is 39.6.